The first-order valence-electron chi connectivity index (χ1n) is 9.35. The number of hydrogen-bond donors (Lipinski definition) is 0. The van der Waals surface area contributed by atoms with Gasteiger partial charge in [0.1, 0.15) is 11.4 Å². The molecule has 142 valence electrons. The van der Waals surface area contributed by atoms with E-state index in [2.05, 4.69) is 10.3 Å². The molecule has 2 aliphatic rings. The molecule has 2 saturated heterocycles. The van der Waals surface area contributed by atoms with Crippen LogP contribution in [-0.2, 0) is 11.3 Å². The molecule has 0 radical (unpaired) electrons. The van der Waals surface area contributed by atoms with Crippen LogP contribution in [0.5, 0.6) is 5.75 Å². The topological polar surface area (TPSA) is 80.6 Å². The van der Waals surface area contributed by atoms with Crippen LogP contribution >= 0.6 is 0 Å². The van der Waals surface area contributed by atoms with Crippen LogP contribution < -0.4 is 4.74 Å². The molecule has 2 fully saturated rings. The maximum absolute atomic E-state index is 12.7. The molecular formula is C19H23N5O3. The highest BCUT2D eigenvalue weighted by molar-refractivity contribution is 5.97. The van der Waals surface area contributed by atoms with Gasteiger partial charge in [0.15, 0.2) is 0 Å². The van der Waals surface area contributed by atoms with E-state index in [1.807, 2.05) is 36.2 Å². The van der Waals surface area contributed by atoms with E-state index < -0.39 is 0 Å². The van der Waals surface area contributed by atoms with Crippen LogP contribution in [0.1, 0.15) is 41.9 Å². The summed E-state index contributed by atoms with van der Waals surface area (Å²) in [5.74, 6) is 0.767. The van der Waals surface area contributed by atoms with Gasteiger partial charge in [-0.25, -0.2) is 4.68 Å². The molecule has 27 heavy (non-hydrogen) atoms. The van der Waals surface area contributed by atoms with Crippen LogP contribution in [-0.4, -0.2) is 62.8 Å². The number of aromatic nitrogens is 3. The number of ether oxygens (including phenoxy) is 1. The van der Waals surface area contributed by atoms with E-state index >= 15 is 0 Å². The van der Waals surface area contributed by atoms with Gasteiger partial charge in [0.05, 0.1) is 31.0 Å². The van der Waals surface area contributed by atoms with E-state index in [9.17, 15) is 9.59 Å². The van der Waals surface area contributed by atoms with Gasteiger partial charge in [0, 0.05) is 26.1 Å². The van der Waals surface area contributed by atoms with E-state index in [0.29, 0.717) is 44.0 Å². The third-order valence-electron chi connectivity index (χ3n) is 5.02. The Balaban J connectivity index is 1.36. The second-order valence-corrected chi connectivity index (χ2v) is 6.90. The van der Waals surface area contributed by atoms with Crippen molar-refractivity contribution in [3.63, 3.8) is 0 Å². The van der Waals surface area contributed by atoms with E-state index in [4.69, 9.17) is 4.74 Å². The number of benzene rings is 1. The molecule has 2 amide bonds. The summed E-state index contributed by atoms with van der Waals surface area (Å²) in [6.07, 6.45) is 3.42. The average molecular weight is 369 g/mol. The van der Waals surface area contributed by atoms with Crippen molar-refractivity contribution in [2.24, 2.45) is 0 Å². The van der Waals surface area contributed by atoms with Crippen molar-refractivity contribution in [2.45, 2.75) is 32.4 Å². The smallest absolute Gasteiger partial charge is 0.257 e. The minimum Gasteiger partial charge on any atom is -0.493 e. The van der Waals surface area contributed by atoms with Crippen molar-refractivity contribution in [3.8, 4) is 5.75 Å². The van der Waals surface area contributed by atoms with Crippen molar-refractivity contribution in [1.82, 2.24) is 24.8 Å². The summed E-state index contributed by atoms with van der Waals surface area (Å²) in [6, 6.07) is 7.43. The molecule has 0 aliphatic carbocycles. The van der Waals surface area contributed by atoms with Crippen LogP contribution in [0.15, 0.2) is 30.5 Å². The first-order valence-corrected chi connectivity index (χ1v) is 9.35. The number of amides is 2. The molecule has 0 spiro atoms. The van der Waals surface area contributed by atoms with Crippen LogP contribution in [0.25, 0.3) is 0 Å². The average Bonchev–Trinajstić information content (AvgIpc) is 3.24. The quantitative estimate of drug-likeness (QED) is 0.771. The summed E-state index contributed by atoms with van der Waals surface area (Å²) < 4.78 is 7.36. The SMILES string of the molecule is CCOc1ccccc1C(=O)N1CC(n2cc(CN3CCCC3=O)nn2)C1. The molecule has 8 nitrogen and oxygen atoms in total. The normalized spacial score (nSPS) is 17.3. The van der Waals surface area contributed by atoms with Gasteiger partial charge >= 0.3 is 0 Å². The van der Waals surface area contributed by atoms with Crippen molar-refractivity contribution in [1.29, 1.82) is 0 Å². The first kappa shape index (κ1) is 17.5. The second kappa shape index (κ2) is 7.38. The van der Waals surface area contributed by atoms with Crippen LogP contribution in [0.3, 0.4) is 0 Å². The predicted octanol–water partition coefficient (Wildman–Crippen LogP) is 1.50. The zero-order valence-electron chi connectivity index (χ0n) is 15.4. The van der Waals surface area contributed by atoms with E-state index in [1.54, 1.807) is 15.6 Å². The van der Waals surface area contributed by atoms with Crippen LogP contribution in [0.2, 0.25) is 0 Å². The van der Waals surface area contributed by atoms with Crippen molar-refractivity contribution < 1.29 is 14.3 Å². The molecule has 2 aromatic rings. The molecule has 4 rings (SSSR count). The molecule has 2 aliphatic heterocycles. The number of carbonyl (C=O) groups excluding carboxylic acids is 2. The Morgan fingerprint density at radius 1 is 1.30 bits per heavy atom. The fourth-order valence-corrected chi connectivity index (χ4v) is 3.51. The molecule has 0 unspecified atom stereocenters. The van der Waals surface area contributed by atoms with Gasteiger partial charge in [-0.05, 0) is 25.5 Å². The zero-order valence-corrected chi connectivity index (χ0v) is 15.4. The van der Waals surface area contributed by atoms with Gasteiger partial charge < -0.3 is 14.5 Å². The maximum atomic E-state index is 12.7. The predicted molar refractivity (Wildman–Crippen MR) is 97.2 cm³/mol. The van der Waals surface area contributed by atoms with Gasteiger partial charge in [0.25, 0.3) is 5.91 Å². The summed E-state index contributed by atoms with van der Waals surface area (Å²) in [5, 5.41) is 8.36. The lowest BCUT2D eigenvalue weighted by Crippen LogP contribution is -2.51. The summed E-state index contributed by atoms with van der Waals surface area (Å²) in [4.78, 5) is 28.1. The Morgan fingerprint density at radius 2 is 2.11 bits per heavy atom. The third-order valence-corrected chi connectivity index (χ3v) is 5.02. The monoisotopic (exact) mass is 369 g/mol. The summed E-state index contributed by atoms with van der Waals surface area (Å²) in [7, 11) is 0. The summed E-state index contributed by atoms with van der Waals surface area (Å²) in [6.45, 7) is 4.90. The van der Waals surface area contributed by atoms with Crippen molar-refractivity contribution >= 4 is 11.8 Å². The summed E-state index contributed by atoms with van der Waals surface area (Å²) >= 11 is 0. The Labute approximate surface area is 157 Å². The van der Waals surface area contributed by atoms with Gasteiger partial charge in [-0.1, -0.05) is 17.3 Å². The number of nitrogens with zero attached hydrogens (tertiary/aromatic N) is 5. The lowest BCUT2D eigenvalue weighted by Gasteiger charge is -2.39. The lowest BCUT2D eigenvalue weighted by molar-refractivity contribution is -0.128. The van der Waals surface area contributed by atoms with Gasteiger partial charge in [-0.15, -0.1) is 5.10 Å². The highest BCUT2D eigenvalue weighted by atomic mass is 16.5. The minimum atomic E-state index is -0.0293. The molecule has 0 N–H and O–H groups in total. The Bertz CT molecular complexity index is 843. The highest BCUT2D eigenvalue weighted by Gasteiger charge is 2.34. The summed E-state index contributed by atoms with van der Waals surface area (Å²) in [5.41, 5.74) is 1.38. The Hall–Kier alpha value is -2.90. The number of carbonyl (C=O) groups is 2. The third kappa shape index (κ3) is 3.51. The highest BCUT2D eigenvalue weighted by Crippen LogP contribution is 2.26. The van der Waals surface area contributed by atoms with Crippen molar-refractivity contribution in [3.05, 3.63) is 41.7 Å². The van der Waals surface area contributed by atoms with Gasteiger partial charge in [-0.3, -0.25) is 9.59 Å². The number of rotatable bonds is 6. The standard InChI is InChI=1S/C19H23N5O3/c1-2-27-17-7-4-3-6-16(17)19(26)23-12-15(13-23)24-11-14(20-21-24)10-22-9-5-8-18(22)25/h3-4,6-7,11,15H,2,5,8-10,12-13H2,1H3. The zero-order chi connectivity index (χ0) is 18.8. The molecule has 0 bridgehead atoms. The van der Waals surface area contributed by atoms with E-state index in [1.165, 1.54) is 0 Å². The molecule has 0 atom stereocenters. The molecule has 8 heteroatoms. The fourth-order valence-electron chi connectivity index (χ4n) is 3.51. The minimum absolute atomic E-state index is 0.0293. The lowest BCUT2D eigenvalue weighted by atomic mass is 10.1. The van der Waals surface area contributed by atoms with Crippen LogP contribution in [0, 0.1) is 0 Å². The fraction of sp³-hybridized carbons (Fsp3) is 0.474. The molecule has 0 saturated carbocycles. The first-order chi connectivity index (χ1) is 13.2. The Kier molecular flexibility index (Phi) is 4.79. The molecule has 3 heterocycles. The number of hydrogen-bond acceptors (Lipinski definition) is 5. The van der Waals surface area contributed by atoms with E-state index in [0.717, 1.165) is 18.7 Å². The second-order valence-electron chi connectivity index (χ2n) is 6.90. The van der Waals surface area contributed by atoms with Crippen molar-refractivity contribution in [2.75, 3.05) is 26.2 Å². The number of para-hydroxylation sites is 1. The van der Waals surface area contributed by atoms with Gasteiger partial charge in [0.2, 0.25) is 5.91 Å². The van der Waals surface area contributed by atoms with E-state index in [-0.39, 0.29) is 17.9 Å². The Morgan fingerprint density at radius 3 is 2.85 bits per heavy atom. The molecular weight excluding hydrogens is 346 g/mol. The molecule has 1 aromatic heterocycles. The number of likely N-dealkylation sites (tertiary alicyclic amines) is 2. The van der Waals surface area contributed by atoms with Gasteiger partial charge in [-0.2, -0.15) is 0 Å². The maximum Gasteiger partial charge on any atom is 0.257 e. The van der Waals surface area contributed by atoms with Crippen LogP contribution in [0.4, 0.5) is 0 Å². The molecule has 1 aromatic carbocycles. The largest absolute Gasteiger partial charge is 0.493 e.